The zero-order valence-electron chi connectivity index (χ0n) is 15.0. The second-order valence-corrected chi connectivity index (χ2v) is 6.51. The van der Waals surface area contributed by atoms with Crippen molar-refractivity contribution >= 4 is 11.6 Å². The van der Waals surface area contributed by atoms with Gasteiger partial charge in [0.25, 0.3) is 5.91 Å². The normalized spacial score (nSPS) is 15.1. The number of ether oxygens (including phenoxy) is 1. The summed E-state index contributed by atoms with van der Waals surface area (Å²) in [6.45, 7) is 8.45. The Morgan fingerprint density at radius 3 is 2.68 bits per heavy atom. The van der Waals surface area contributed by atoms with Crippen molar-refractivity contribution in [3.05, 3.63) is 64.7 Å². The molecule has 132 valence electrons. The minimum Gasteiger partial charge on any atom is -0.379 e. The Hall–Kier alpha value is -2.17. The van der Waals surface area contributed by atoms with Gasteiger partial charge in [-0.05, 0) is 42.2 Å². The molecule has 3 rings (SSSR count). The number of hydrogen-bond donors (Lipinski definition) is 1. The van der Waals surface area contributed by atoms with Crippen LogP contribution in [0.25, 0.3) is 0 Å². The van der Waals surface area contributed by atoms with E-state index in [0.29, 0.717) is 5.56 Å². The zero-order valence-corrected chi connectivity index (χ0v) is 15.0. The molecule has 1 N–H and O–H groups in total. The van der Waals surface area contributed by atoms with Gasteiger partial charge in [-0.1, -0.05) is 37.3 Å². The molecule has 0 bridgehead atoms. The number of anilines is 1. The number of carbonyl (C=O) groups excluding carboxylic acids is 1. The topological polar surface area (TPSA) is 41.6 Å². The molecule has 25 heavy (non-hydrogen) atoms. The maximum absolute atomic E-state index is 12.7. The third-order valence-corrected chi connectivity index (χ3v) is 4.68. The molecule has 0 radical (unpaired) electrons. The van der Waals surface area contributed by atoms with Crippen LogP contribution in [0.2, 0.25) is 0 Å². The first-order valence-corrected chi connectivity index (χ1v) is 8.96. The lowest BCUT2D eigenvalue weighted by Gasteiger charge is -2.26. The smallest absolute Gasteiger partial charge is 0.255 e. The van der Waals surface area contributed by atoms with Gasteiger partial charge in [-0.2, -0.15) is 0 Å². The number of nitrogens with one attached hydrogen (secondary N) is 1. The number of benzene rings is 2. The van der Waals surface area contributed by atoms with Gasteiger partial charge in [0.1, 0.15) is 0 Å². The largest absolute Gasteiger partial charge is 0.379 e. The van der Waals surface area contributed by atoms with Crippen molar-refractivity contribution in [1.82, 2.24) is 4.90 Å². The quantitative estimate of drug-likeness (QED) is 0.905. The lowest BCUT2D eigenvalue weighted by molar-refractivity contribution is 0.0342. The Balaban J connectivity index is 1.73. The Labute approximate surface area is 149 Å². The molecule has 0 unspecified atom stereocenters. The van der Waals surface area contributed by atoms with Gasteiger partial charge in [0, 0.05) is 30.9 Å². The molecule has 1 amide bonds. The van der Waals surface area contributed by atoms with Crippen molar-refractivity contribution in [2.24, 2.45) is 0 Å². The molecule has 0 atom stereocenters. The highest BCUT2D eigenvalue weighted by molar-refractivity contribution is 6.05. The number of aryl methyl sites for hydroxylation is 2. The van der Waals surface area contributed by atoms with Crippen molar-refractivity contribution in [3.63, 3.8) is 0 Å². The van der Waals surface area contributed by atoms with Gasteiger partial charge in [0.05, 0.1) is 13.2 Å². The third kappa shape index (κ3) is 4.47. The molecule has 1 aliphatic heterocycles. The van der Waals surface area contributed by atoms with Gasteiger partial charge in [0.15, 0.2) is 0 Å². The highest BCUT2D eigenvalue weighted by Crippen LogP contribution is 2.22. The van der Waals surface area contributed by atoms with Crippen LogP contribution in [0.15, 0.2) is 42.5 Å². The molecule has 0 aliphatic carbocycles. The number of nitrogens with zero attached hydrogens (tertiary/aromatic N) is 1. The molecule has 1 aliphatic rings. The summed E-state index contributed by atoms with van der Waals surface area (Å²) in [7, 11) is 0. The number of morpholine rings is 1. The van der Waals surface area contributed by atoms with Crippen LogP contribution in [0.1, 0.15) is 34.0 Å². The van der Waals surface area contributed by atoms with Gasteiger partial charge in [0.2, 0.25) is 0 Å². The zero-order chi connectivity index (χ0) is 17.6. The van der Waals surface area contributed by atoms with Crippen molar-refractivity contribution < 1.29 is 9.53 Å². The second-order valence-electron chi connectivity index (χ2n) is 6.51. The van der Waals surface area contributed by atoms with Crippen LogP contribution in [0.3, 0.4) is 0 Å². The van der Waals surface area contributed by atoms with E-state index < -0.39 is 0 Å². The molecule has 2 aromatic carbocycles. The van der Waals surface area contributed by atoms with E-state index in [2.05, 4.69) is 29.3 Å². The Morgan fingerprint density at radius 1 is 1.16 bits per heavy atom. The predicted molar refractivity (Wildman–Crippen MR) is 101 cm³/mol. The highest BCUT2D eigenvalue weighted by atomic mass is 16.5. The van der Waals surface area contributed by atoms with Gasteiger partial charge in [-0.25, -0.2) is 0 Å². The number of carbonyl (C=O) groups is 1. The summed E-state index contributed by atoms with van der Waals surface area (Å²) >= 11 is 0. The van der Waals surface area contributed by atoms with Crippen LogP contribution in [0, 0.1) is 6.92 Å². The fourth-order valence-corrected chi connectivity index (χ4v) is 3.22. The van der Waals surface area contributed by atoms with E-state index in [1.165, 1.54) is 0 Å². The van der Waals surface area contributed by atoms with Gasteiger partial charge in [-0.3, -0.25) is 9.69 Å². The summed E-state index contributed by atoms with van der Waals surface area (Å²) in [5.74, 6) is -0.0483. The van der Waals surface area contributed by atoms with Crippen LogP contribution >= 0.6 is 0 Å². The number of hydrogen-bond acceptors (Lipinski definition) is 3. The van der Waals surface area contributed by atoms with Crippen molar-refractivity contribution in [1.29, 1.82) is 0 Å². The highest BCUT2D eigenvalue weighted by Gasteiger charge is 2.13. The number of rotatable bonds is 5. The van der Waals surface area contributed by atoms with E-state index in [1.54, 1.807) is 0 Å². The SMILES string of the molecule is CCc1cccc(C)c1NC(=O)c1cccc(CN2CCOCC2)c1. The molecule has 2 aromatic rings. The molecule has 0 saturated carbocycles. The van der Waals surface area contributed by atoms with Gasteiger partial charge < -0.3 is 10.1 Å². The fraction of sp³-hybridized carbons (Fsp3) is 0.381. The van der Waals surface area contributed by atoms with Crippen LogP contribution < -0.4 is 5.32 Å². The average Bonchev–Trinajstić information content (AvgIpc) is 2.64. The number of para-hydroxylation sites is 1. The Bertz CT molecular complexity index is 736. The van der Waals surface area contributed by atoms with E-state index in [-0.39, 0.29) is 5.91 Å². The van der Waals surface area contributed by atoms with Crippen LogP contribution in [0.5, 0.6) is 0 Å². The van der Waals surface area contributed by atoms with Gasteiger partial charge in [-0.15, -0.1) is 0 Å². The predicted octanol–water partition coefficient (Wildman–Crippen LogP) is 3.64. The molecule has 0 spiro atoms. The van der Waals surface area contributed by atoms with Crippen molar-refractivity contribution in [3.8, 4) is 0 Å². The van der Waals surface area contributed by atoms with Crippen molar-refractivity contribution in [2.45, 2.75) is 26.8 Å². The first-order valence-electron chi connectivity index (χ1n) is 8.96. The maximum atomic E-state index is 12.7. The number of amides is 1. The molecular weight excluding hydrogens is 312 g/mol. The van der Waals surface area contributed by atoms with Crippen molar-refractivity contribution in [2.75, 3.05) is 31.6 Å². The minimum atomic E-state index is -0.0483. The summed E-state index contributed by atoms with van der Waals surface area (Å²) in [5.41, 5.74) is 5.06. The lowest BCUT2D eigenvalue weighted by Crippen LogP contribution is -2.35. The first-order chi connectivity index (χ1) is 12.2. The molecule has 4 heteroatoms. The maximum Gasteiger partial charge on any atom is 0.255 e. The van der Waals surface area contributed by atoms with Crippen LogP contribution in [-0.2, 0) is 17.7 Å². The van der Waals surface area contributed by atoms with E-state index in [9.17, 15) is 4.79 Å². The summed E-state index contributed by atoms with van der Waals surface area (Å²) in [4.78, 5) is 15.1. The third-order valence-electron chi connectivity index (χ3n) is 4.68. The molecule has 1 heterocycles. The standard InChI is InChI=1S/C21H26N2O2/c1-3-18-8-4-6-16(2)20(18)22-21(24)19-9-5-7-17(14-19)15-23-10-12-25-13-11-23/h4-9,14H,3,10-13,15H2,1-2H3,(H,22,24). The second kappa shape index (κ2) is 8.28. The minimum absolute atomic E-state index is 0.0483. The summed E-state index contributed by atoms with van der Waals surface area (Å²) in [5, 5.41) is 3.10. The Morgan fingerprint density at radius 2 is 1.92 bits per heavy atom. The Kier molecular flexibility index (Phi) is 5.84. The van der Waals surface area contributed by atoms with Gasteiger partial charge >= 0.3 is 0 Å². The summed E-state index contributed by atoms with van der Waals surface area (Å²) < 4.78 is 5.39. The van der Waals surface area contributed by atoms with E-state index in [4.69, 9.17) is 4.74 Å². The molecule has 1 saturated heterocycles. The molecular formula is C21H26N2O2. The molecule has 1 fully saturated rings. The van der Waals surface area contributed by atoms with E-state index in [0.717, 1.165) is 61.6 Å². The fourth-order valence-electron chi connectivity index (χ4n) is 3.22. The van der Waals surface area contributed by atoms with Crippen LogP contribution in [0.4, 0.5) is 5.69 Å². The molecule has 4 nitrogen and oxygen atoms in total. The average molecular weight is 338 g/mol. The first kappa shape index (κ1) is 17.6. The summed E-state index contributed by atoms with van der Waals surface area (Å²) in [6, 6.07) is 14.0. The van der Waals surface area contributed by atoms with Crippen LogP contribution in [-0.4, -0.2) is 37.1 Å². The summed E-state index contributed by atoms with van der Waals surface area (Å²) in [6.07, 6.45) is 0.897. The molecule has 0 aromatic heterocycles. The van der Waals surface area contributed by atoms with E-state index >= 15 is 0 Å². The van der Waals surface area contributed by atoms with E-state index in [1.807, 2.05) is 37.3 Å². The monoisotopic (exact) mass is 338 g/mol. The lowest BCUT2D eigenvalue weighted by atomic mass is 10.0.